The summed E-state index contributed by atoms with van der Waals surface area (Å²) in [4.78, 5) is 23.7. The number of nitrogens with one attached hydrogen (secondary N) is 4. The molecule has 0 spiro atoms. The van der Waals surface area contributed by atoms with E-state index >= 15 is 0 Å². The second kappa shape index (κ2) is 18.9. The van der Waals surface area contributed by atoms with Crippen molar-refractivity contribution in [3.05, 3.63) is 35.8 Å². The van der Waals surface area contributed by atoms with Crippen LogP contribution < -0.4 is 31.0 Å². The zero-order valence-electron chi connectivity index (χ0n) is 22.0. The van der Waals surface area contributed by atoms with Crippen LogP contribution in [0.25, 0.3) is 0 Å². The standard InChI is InChI=1S/C16H26N4O5S.C3H8N2OS.C3H9N/c1-18-8-2-9-19-15(21)12-5-3-11(4-6-12)13-7-10-20(26(17,24)25)14(13)16(22)23;1-2-3-5-7(4)6;1-3-4-2/h7,10-12,18H,2-6,8-9H2,1H3,(H,19,21)(H,22,23)(H2,17,24,25);2-3,5H,4H2,1H3;4H,3H2,1-2H3/b;3-2-;. The molecule has 13 nitrogen and oxygen atoms in total. The van der Waals surface area contributed by atoms with Gasteiger partial charge >= 0.3 is 16.2 Å². The minimum Gasteiger partial charge on any atom is -0.477 e. The van der Waals surface area contributed by atoms with Gasteiger partial charge in [-0.05, 0) is 83.8 Å². The van der Waals surface area contributed by atoms with E-state index in [1.165, 1.54) is 18.5 Å². The van der Waals surface area contributed by atoms with E-state index in [2.05, 4.69) is 27.6 Å². The van der Waals surface area contributed by atoms with Crippen LogP contribution in [0.4, 0.5) is 0 Å². The lowest BCUT2D eigenvalue weighted by Gasteiger charge is -2.28. The van der Waals surface area contributed by atoms with Crippen LogP contribution in [0.15, 0.2) is 24.5 Å². The third-order valence-electron chi connectivity index (χ3n) is 5.51. The van der Waals surface area contributed by atoms with E-state index < -0.39 is 27.4 Å². The molecular formula is C22H43N7O6S2. The molecule has 9 N–H and O–H groups in total. The molecule has 0 radical (unpaired) electrons. The summed E-state index contributed by atoms with van der Waals surface area (Å²) in [7, 11) is -0.380. The van der Waals surface area contributed by atoms with Crippen molar-refractivity contribution in [1.82, 2.24) is 24.6 Å². The smallest absolute Gasteiger partial charge is 0.353 e. The van der Waals surface area contributed by atoms with E-state index in [1.54, 1.807) is 13.0 Å². The van der Waals surface area contributed by atoms with Crippen molar-refractivity contribution in [2.75, 3.05) is 33.7 Å². The number of allylic oxidation sites excluding steroid dienone is 1. The summed E-state index contributed by atoms with van der Waals surface area (Å²) in [6, 6.07) is 1.50. The number of carboxylic acids is 1. The number of carboxylic acid groups (broad SMARTS) is 1. The highest BCUT2D eigenvalue weighted by molar-refractivity contribution is 7.87. The summed E-state index contributed by atoms with van der Waals surface area (Å²) in [5.41, 5.74) is 0.145. The molecule has 1 aliphatic rings. The summed E-state index contributed by atoms with van der Waals surface area (Å²) in [5.74, 6) is -1.49. The molecule has 0 saturated heterocycles. The van der Waals surface area contributed by atoms with Crippen LogP contribution >= 0.6 is 0 Å². The number of nitrogens with zero attached hydrogens (tertiary/aromatic N) is 1. The molecule has 0 aromatic carbocycles. The molecule has 1 saturated carbocycles. The first-order valence-corrected chi connectivity index (χ1v) is 14.7. The number of aromatic carboxylic acids is 1. The number of hydrogen-bond donors (Lipinski definition) is 7. The van der Waals surface area contributed by atoms with Gasteiger partial charge in [0.15, 0.2) is 11.2 Å². The number of nitrogens with two attached hydrogens (primary N) is 2. The Labute approximate surface area is 222 Å². The lowest BCUT2D eigenvalue weighted by molar-refractivity contribution is -0.126. The SMILES string of the molecule is C/C=C\NS(N)=O.CCNC.CNCCCNC(=O)C1CCC(c2ccn(S(N)(=O)=O)c2C(=O)O)CC1. The van der Waals surface area contributed by atoms with Crippen LogP contribution in [-0.4, -0.2) is 67.3 Å². The van der Waals surface area contributed by atoms with Crippen molar-refractivity contribution in [1.29, 1.82) is 0 Å². The van der Waals surface area contributed by atoms with Gasteiger partial charge in [0, 0.05) is 24.9 Å². The minimum absolute atomic E-state index is 0.0279. The van der Waals surface area contributed by atoms with Gasteiger partial charge in [-0.2, -0.15) is 8.42 Å². The predicted molar refractivity (Wildman–Crippen MR) is 146 cm³/mol. The van der Waals surface area contributed by atoms with Gasteiger partial charge < -0.3 is 21.1 Å². The van der Waals surface area contributed by atoms with Crippen LogP contribution in [0.2, 0.25) is 0 Å². The van der Waals surface area contributed by atoms with E-state index in [-0.39, 0.29) is 23.4 Å². The topological polar surface area (TPSA) is 211 Å². The number of hydrogen-bond acceptors (Lipinski definition) is 7. The Kier molecular flexibility index (Phi) is 17.7. The van der Waals surface area contributed by atoms with Crippen molar-refractivity contribution >= 4 is 33.3 Å². The van der Waals surface area contributed by atoms with Crippen LogP contribution in [0.1, 0.15) is 67.9 Å². The Balaban J connectivity index is 0.000000988. The van der Waals surface area contributed by atoms with E-state index in [1.807, 2.05) is 14.1 Å². The second-order valence-corrected chi connectivity index (χ2v) is 10.4. The molecule has 2 rings (SSSR count). The fourth-order valence-electron chi connectivity index (χ4n) is 3.61. The molecule has 1 amide bonds. The maximum absolute atomic E-state index is 12.2. The molecule has 1 aromatic heterocycles. The third-order valence-corrected chi connectivity index (χ3v) is 6.73. The molecule has 1 unspecified atom stereocenters. The van der Waals surface area contributed by atoms with Crippen molar-refractivity contribution in [3.63, 3.8) is 0 Å². The molecule has 37 heavy (non-hydrogen) atoms. The first-order valence-electron chi connectivity index (χ1n) is 12.0. The molecule has 1 fully saturated rings. The highest BCUT2D eigenvalue weighted by Crippen LogP contribution is 2.37. The Morgan fingerprint density at radius 2 is 1.78 bits per heavy atom. The van der Waals surface area contributed by atoms with E-state index in [0.717, 1.165) is 19.5 Å². The molecule has 1 atom stereocenters. The lowest BCUT2D eigenvalue weighted by Crippen LogP contribution is -2.34. The maximum Gasteiger partial charge on any atom is 0.353 e. The number of amides is 1. The van der Waals surface area contributed by atoms with Crippen LogP contribution in [0.5, 0.6) is 0 Å². The van der Waals surface area contributed by atoms with Gasteiger partial charge in [0.05, 0.1) is 0 Å². The normalized spacial score (nSPS) is 18.1. The molecule has 1 aliphatic carbocycles. The maximum atomic E-state index is 12.2. The highest BCUT2D eigenvalue weighted by atomic mass is 32.2. The number of carbonyl (C=O) groups excluding carboxylic acids is 1. The Morgan fingerprint density at radius 1 is 1.19 bits per heavy atom. The summed E-state index contributed by atoms with van der Waals surface area (Å²) in [5, 5.41) is 28.1. The van der Waals surface area contributed by atoms with Gasteiger partial charge in [0.1, 0.15) is 5.69 Å². The van der Waals surface area contributed by atoms with Crippen LogP contribution in [0.3, 0.4) is 0 Å². The van der Waals surface area contributed by atoms with Gasteiger partial charge in [-0.1, -0.05) is 13.0 Å². The fraction of sp³-hybridized carbons (Fsp3) is 0.636. The predicted octanol–water partition coefficient (Wildman–Crippen LogP) is 0.110. The van der Waals surface area contributed by atoms with Crippen molar-refractivity contribution in [2.45, 2.75) is 51.9 Å². The van der Waals surface area contributed by atoms with E-state index in [4.69, 9.17) is 10.3 Å². The van der Waals surface area contributed by atoms with Crippen molar-refractivity contribution in [2.24, 2.45) is 16.2 Å². The second-order valence-electron chi connectivity index (χ2n) is 8.18. The Morgan fingerprint density at radius 3 is 2.19 bits per heavy atom. The molecule has 15 heteroatoms. The van der Waals surface area contributed by atoms with Crippen LogP contribution in [0, 0.1) is 5.92 Å². The first kappa shape index (κ1) is 34.7. The zero-order chi connectivity index (χ0) is 28.4. The minimum atomic E-state index is -4.17. The summed E-state index contributed by atoms with van der Waals surface area (Å²) in [6.45, 7) is 6.41. The van der Waals surface area contributed by atoms with E-state index in [0.29, 0.717) is 41.8 Å². The first-order chi connectivity index (χ1) is 17.4. The molecule has 1 aromatic rings. The van der Waals surface area contributed by atoms with Gasteiger partial charge in [-0.25, -0.2) is 23.3 Å². The monoisotopic (exact) mass is 565 g/mol. The number of aromatic nitrogens is 1. The third kappa shape index (κ3) is 13.7. The quantitative estimate of drug-likeness (QED) is 0.183. The van der Waals surface area contributed by atoms with Gasteiger partial charge in [-0.3, -0.25) is 9.52 Å². The Hall–Kier alpha value is -2.30. The molecule has 1 heterocycles. The van der Waals surface area contributed by atoms with Crippen molar-refractivity contribution < 1.29 is 27.3 Å². The summed E-state index contributed by atoms with van der Waals surface area (Å²) in [6.07, 6.45) is 7.81. The molecule has 0 bridgehead atoms. The zero-order valence-corrected chi connectivity index (χ0v) is 23.7. The fourth-order valence-corrected chi connectivity index (χ4v) is 4.55. The average molecular weight is 566 g/mol. The average Bonchev–Trinajstić information content (AvgIpc) is 3.32. The Bertz CT molecular complexity index is 972. The molecule has 214 valence electrons. The largest absolute Gasteiger partial charge is 0.477 e. The highest BCUT2D eigenvalue weighted by Gasteiger charge is 2.31. The van der Waals surface area contributed by atoms with E-state index in [9.17, 15) is 27.3 Å². The molecule has 0 aliphatic heterocycles. The lowest BCUT2D eigenvalue weighted by atomic mass is 9.78. The number of carbonyl (C=O) groups is 2. The van der Waals surface area contributed by atoms with Crippen LogP contribution in [-0.2, 0) is 26.2 Å². The van der Waals surface area contributed by atoms with Gasteiger partial charge in [0.2, 0.25) is 5.91 Å². The van der Waals surface area contributed by atoms with Gasteiger partial charge in [-0.15, -0.1) is 0 Å². The number of rotatable bonds is 11. The van der Waals surface area contributed by atoms with Gasteiger partial charge in [0.25, 0.3) is 0 Å². The van der Waals surface area contributed by atoms with Crippen molar-refractivity contribution in [3.8, 4) is 0 Å². The summed E-state index contributed by atoms with van der Waals surface area (Å²) < 4.78 is 36.0. The molecular weight excluding hydrogens is 522 g/mol. The summed E-state index contributed by atoms with van der Waals surface area (Å²) >= 11 is -1.40.